The molecule has 5 heteroatoms. The predicted molar refractivity (Wildman–Crippen MR) is 57.6 cm³/mol. The van der Waals surface area contributed by atoms with Gasteiger partial charge in [-0.05, 0) is 12.1 Å². The van der Waals surface area contributed by atoms with Crippen LogP contribution < -0.4 is 16.1 Å². The molecule has 3 N–H and O–H groups in total. The molecule has 1 atom stereocenters. The van der Waals surface area contributed by atoms with Crippen LogP contribution in [0.15, 0.2) is 29.4 Å². The second-order valence-electron chi connectivity index (χ2n) is 3.63. The lowest BCUT2D eigenvalue weighted by Gasteiger charge is -2.13. The third-order valence-electron chi connectivity index (χ3n) is 2.81. The van der Waals surface area contributed by atoms with E-state index in [1.807, 2.05) is 24.3 Å². The Morgan fingerprint density at radius 1 is 1.47 bits per heavy atom. The molecule has 15 heavy (non-hydrogen) atoms. The standard InChI is InChI=1S/C10H10N4O/c11-13-7-5-9-12-6-3-1-2-4-8(6)14(9)10(7)15/h1-4,9,12H,5,11H2. The maximum atomic E-state index is 11.9. The average Bonchev–Trinajstić information content (AvgIpc) is 2.75. The van der Waals surface area contributed by atoms with Crippen molar-refractivity contribution in [1.29, 1.82) is 0 Å². The lowest BCUT2D eigenvalue weighted by Crippen LogP contribution is -2.32. The van der Waals surface area contributed by atoms with E-state index in [0.29, 0.717) is 12.1 Å². The highest BCUT2D eigenvalue weighted by atomic mass is 16.2. The number of carbonyl (C=O) groups excluding carboxylic acids is 1. The largest absolute Gasteiger partial charge is 0.363 e. The number of amides is 1. The molecule has 2 heterocycles. The van der Waals surface area contributed by atoms with Crippen molar-refractivity contribution >= 4 is 23.0 Å². The van der Waals surface area contributed by atoms with E-state index in [1.165, 1.54) is 0 Å². The van der Waals surface area contributed by atoms with Gasteiger partial charge in [0.25, 0.3) is 5.91 Å². The van der Waals surface area contributed by atoms with Crippen molar-refractivity contribution < 1.29 is 4.79 Å². The highest BCUT2D eigenvalue weighted by Gasteiger charge is 2.42. The van der Waals surface area contributed by atoms with Crippen molar-refractivity contribution in [2.75, 3.05) is 10.2 Å². The van der Waals surface area contributed by atoms with E-state index in [1.54, 1.807) is 4.90 Å². The first kappa shape index (κ1) is 8.28. The number of para-hydroxylation sites is 2. The van der Waals surface area contributed by atoms with E-state index in [-0.39, 0.29) is 12.1 Å². The van der Waals surface area contributed by atoms with Gasteiger partial charge >= 0.3 is 0 Å². The second-order valence-corrected chi connectivity index (χ2v) is 3.63. The molecule has 1 amide bonds. The number of fused-ring (bicyclic) bond motifs is 3. The van der Waals surface area contributed by atoms with E-state index in [0.717, 1.165) is 11.4 Å². The molecule has 0 saturated carbocycles. The SMILES string of the molecule is NN=C1CC2Nc3ccccc3N2C1=O. The van der Waals surface area contributed by atoms with E-state index >= 15 is 0 Å². The van der Waals surface area contributed by atoms with E-state index in [4.69, 9.17) is 5.84 Å². The Hall–Kier alpha value is -2.04. The van der Waals surface area contributed by atoms with Crippen molar-refractivity contribution in [1.82, 2.24) is 0 Å². The van der Waals surface area contributed by atoms with Crippen molar-refractivity contribution in [2.24, 2.45) is 10.9 Å². The van der Waals surface area contributed by atoms with Crippen LogP contribution in [0.2, 0.25) is 0 Å². The van der Waals surface area contributed by atoms with Crippen molar-refractivity contribution in [3.8, 4) is 0 Å². The van der Waals surface area contributed by atoms with E-state index in [9.17, 15) is 4.79 Å². The maximum absolute atomic E-state index is 11.9. The molecule has 0 aromatic heterocycles. The lowest BCUT2D eigenvalue weighted by atomic mass is 10.2. The molecule has 1 unspecified atom stereocenters. The molecule has 1 saturated heterocycles. The molecule has 0 spiro atoms. The summed E-state index contributed by atoms with van der Waals surface area (Å²) in [7, 11) is 0. The fourth-order valence-corrected chi connectivity index (χ4v) is 2.13. The number of rotatable bonds is 0. The Balaban J connectivity index is 2.09. The number of carbonyl (C=O) groups is 1. The summed E-state index contributed by atoms with van der Waals surface area (Å²) < 4.78 is 0. The van der Waals surface area contributed by atoms with Crippen LogP contribution in [-0.2, 0) is 4.79 Å². The van der Waals surface area contributed by atoms with Crippen LogP contribution >= 0.6 is 0 Å². The van der Waals surface area contributed by atoms with Crippen molar-refractivity contribution in [3.05, 3.63) is 24.3 Å². The van der Waals surface area contributed by atoms with Gasteiger partial charge in [0.05, 0.1) is 11.4 Å². The molecule has 0 bridgehead atoms. The van der Waals surface area contributed by atoms with E-state index in [2.05, 4.69) is 10.4 Å². The summed E-state index contributed by atoms with van der Waals surface area (Å²) in [5.74, 6) is 5.06. The Morgan fingerprint density at radius 3 is 3.07 bits per heavy atom. The van der Waals surface area contributed by atoms with Crippen LogP contribution in [0.3, 0.4) is 0 Å². The van der Waals surface area contributed by atoms with Gasteiger partial charge in [0.15, 0.2) is 0 Å². The smallest absolute Gasteiger partial charge is 0.276 e. The molecule has 1 fully saturated rings. The summed E-state index contributed by atoms with van der Waals surface area (Å²) in [4.78, 5) is 13.6. The minimum Gasteiger partial charge on any atom is -0.363 e. The molecule has 0 radical (unpaired) electrons. The Kier molecular flexibility index (Phi) is 1.50. The van der Waals surface area contributed by atoms with Crippen LogP contribution in [0, 0.1) is 0 Å². The number of hydrogen-bond acceptors (Lipinski definition) is 4. The third-order valence-corrected chi connectivity index (χ3v) is 2.81. The van der Waals surface area contributed by atoms with Crippen LogP contribution in [0.25, 0.3) is 0 Å². The van der Waals surface area contributed by atoms with Crippen LogP contribution in [0.1, 0.15) is 6.42 Å². The number of hydrazone groups is 1. The first-order valence-electron chi connectivity index (χ1n) is 4.77. The van der Waals surface area contributed by atoms with Gasteiger partial charge < -0.3 is 11.2 Å². The molecule has 76 valence electrons. The third kappa shape index (κ3) is 0.971. The van der Waals surface area contributed by atoms with E-state index < -0.39 is 0 Å². The molecule has 0 aliphatic carbocycles. The molecule has 1 aromatic carbocycles. The first-order chi connectivity index (χ1) is 7.31. The summed E-state index contributed by atoms with van der Waals surface area (Å²) in [6.45, 7) is 0. The quantitative estimate of drug-likeness (QED) is 0.475. The summed E-state index contributed by atoms with van der Waals surface area (Å²) in [6.07, 6.45) is 0.543. The van der Waals surface area contributed by atoms with Gasteiger partial charge in [-0.1, -0.05) is 12.1 Å². The van der Waals surface area contributed by atoms with Crippen LogP contribution in [0.5, 0.6) is 0 Å². The number of anilines is 2. The number of hydrogen-bond donors (Lipinski definition) is 2. The van der Waals surface area contributed by atoms with Crippen molar-refractivity contribution in [3.63, 3.8) is 0 Å². The number of nitrogens with two attached hydrogens (primary N) is 1. The molecule has 3 rings (SSSR count). The zero-order chi connectivity index (χ0) is 10.4. The van der Waals surface area contributed by atoms with Crippen LogP contribution in [-0.4, -0.2) is 17.8 Å². The normalized spacial score (nSPS) is 25.3. The zero-order valence-corrected chi connectivity index (χ0v) is 7.97. The van der Waals surface area contributed by atoms with Gasteiger partial charge in [0.1, 0.15) is 11.9 Å². The molecular weight excluding hydrogens is 192 g/mol. The summed E-state index contributed by atoms with van der Waals surface area (Å²) in [5.41, 5.74) is 2.33. The Labute approximate surface area is 86.6 Å². The number of nitrogens with zero attached hydrogens (tertiary/aromatic N) is 2. The molecular formula is C10H10N4O. The number of benzene rings is 1. The molecule has 2 aliphatic rings. The fraction of sp³-hybridized carbons (Fsp3) is 0.200. The van der Waals surface area contributed by atoms with Crippen molar-refractivity contribution in [2.45, 2.75) is 12.6 Å². The number of nitrogens with one attached hydrogen (secondary N) is 1. The zero-order valence-electron chi connectivity index (χ0n) is 7.97. The monoisotopic (exact) mass is 202 g/mol. The minimum atomic E-state index is -0.0973. The second kappa shape index (κ2) is 2.73. The molecule has 1 aromatic rings. The van der Waals surface area contributed by atoms with Gasteiger partial charge in [-0.25, -0.2) is 0 Å². The average molecular weight is 202 g/mol. The Morgan fingerprint density at radius 2 is 2.27 bits per heavy atom. The summed E-state index contributed by atoms with van der Waals surface area (Å²) in [5, 5.41) is 6.77. The van der Waals surface area contributed by atoms with Gasteiger partial charge in [-0.2, -0.15) is 5.10 Å². The van der Waals surface area contributed by atoms with Crippen LogP contribution in [0.4, 0.5) is 11.4 Å². The summed E-state index contributed by atoms with van der Waals surface area (Å²) >= 11 is 0. The van der Waals surface area contributed by atoms with Gasteiger partial charge in [-0.15, -0.1) is 0 Å². The topological polar surface area (TPSA) is 70.7 Å². The minimum absolute atomic E-state index is 0.0165. The fourth-order valence-electron chi connectivity index (χ4n) is 2.13. The van der Waals surface area contributed by atoms with Gasteiger partial charge in [0.2, 0.25) is 0 Å². The van der Waals surface area contributed by atoms with Gasteiger partial charge in [0, 0.05) is 6.42 Å². The Bertz CT molecular complexity index is 468. The molecule has 5 nitrogen and oxygen atoms in total. The highest BCUT2D eigenvalue weighted by molar-refractivity contribution is 6.47. The molecule has 2 aliphatic heterocycles. The predicted octanol–water partition coefficient (Wildman–Crippen LogP) is 0.490. The summed E-state index contributed by atoms with van der Waals surface area (Å²) in [6, 6.07) is 7.73. The van der Waals surface area contributed by atoms with Gasteiger partial charge in [-0.3, -0.25) is 9.69 Å². The first-order valence-corrected chi connectivity index (χ1v) is 4.77. The lowest BCUT2D eigenvalue weighted by molar-refractivity contribution is -0.112. The highest BCUT2D eigenvalue weighted by Crippen LogP contribution is 2.38. The maximum Gasteiger partial charge on any atom is 0.276 e.